The van der Waals surface area contributed by atoms with Crippen LogP contribution in [-0.4, -0.2) is 27.7 Å². The number of hydrogen-bond donors (Lipinski definition) is 2. The topological polar surface area (TPSA) is 54.3 Å². The van der Waals surface area contributed by atoms with Crippen LogP contribution < -0.4 is 5.32 Å². The van der Waals surface area contributed by atoms with Crippen LogP contribution in [0.1, 0.15) is 36.2 Å². The Hall–Kier alpha value is -0.710. The van der Waals surface area contributed by atoms with Gasteiger partial charge in [0.1, 0.15) is 10.8 Å². The molecule has 1 amide bonds. The van der Waals surface area contributed by atoms with Crippen molar-refractivity contribution < 1.29 is 9.90 Å². The monoisotopic (exact) mass is 290 g/mol. The number of aliphatic hydroxyl groups excluding tert-OH is 1. The first-order valence-electron chi connectivity index (χ1n) is 6.00. The third kappa shape index (κ3) is 2.66. The van der Waals surface area contributed by atoms with E-state index in [0.29, 0.717) is 15.9 Å². The normalized spacial score (nSPS) is 24.0. The molecular formula is C12H16Cl2N2O2. The molecule has 1 saturated carbocycles. The van der Waals surface area contributed by atoms with Gasteiger partial charge in [-0.3, -0.25) is 4.79 Å². The summed E-state index contributed by atoms with van der Waals surface area (Å²) in [5.41, 5.74) is 0.405. The molecule has 4 nitrogen and oxygen atoms in total. The maximum absolute atomic E-state index is 12.1. The highest BCUT2D eigenvalue weighted by Gasteiger charge is 2.26. The van der Waals surface area contributed by atoms with Crippen LogP contribution in [0.15, 0.2) is 6.07 Å². The Balaban J connectivity index is 2.09. The van der Waals surface area contributed by atoms with Crippen molar-refractivity contribution in [2.24, 2.45) is 7.05 Å². The van der Waals surface area contributed by atoms with E-state index in [2.05, 4.69) is 5.32 Å². The number of aliphatic hydroxyl groups is 1. The molecule has 0 spiro atoms. The van der Waals surface area contributed by atoms with Crippen molar-refractivity contribution in [2.45, 2.75) is 37.8 Å². The fourth-order valence-electron chi connectivity index (χ4n) is 2.28. The number of carbonyl (C=O) groups excluding carboxylic acids is 1. The minimum atomic E-state index is -0.464. The predicted octanol–water partition coefficient (Wildman–Crippen LogP) is 2.37. The molecule has 1 fully saturated rings. The number of nitrogens with zero attached hydrogens (tertiary/aromatic N) is 1. The summed E-state index contributed by atoms with van der Waals surface area (Å²) < 4.78 is 1.54. The van der Waals surface area contributed by atoms with Gasteiger partial charge in [-0.1, -0.05) is 36.0 Å². The summed E-state index contributed by atoms with van der Waals surface area (Å²) in [6.45, 7) is 0. The van der Waals surface area contributed by atoms with Gasteiger partial charge < -0.3 is 15.0 Å². The van der Waals surface area contributed by atoms with Crippen LogP contribution in [0.25, 0.3) is 0 Å². The highest BCUT2D eigenvalue weighted by Crippen LogP contribution is 2.25. The molecule has 2 N–H and O–H groups in total. The van der Waals surface area contributed by atoms with Crippen LogP contribution in [0.5, 0.6) is 0 Å². The standard InChI is InChI=1S/C12H16Cl2N2O2/c1-16-9(6-7(13)11(16)14)12(18)15-8-4-2-3-5-10(8)17/h6,8,10,17H,2-5H2,1H3,(H,15,18)/t8-,10-/m0/s1. The first-order valence-corrected chi connectivity index (χ1v) is 6.76. The highest BCUT2D eigenvalue weighted by molar-refractivity contribution is 6.41. The maximum Gasteiger partial charge on any atom is 0.268 e. The summed E-state index contributed by atoms with van der Waals surface area (Å²) >= 11 is 11.8. The van der Waals surface area contributed by atoms with Crippen LogP contribution in [0, 0.1) is 0 Å². The summed E-state index contributed by atoms with van der Waals surface area (Å²) in [4.78, 5) is 12.1. The molecule has 0 unspecified atom stereocenters. The van der Waals surface area contributed by atoms with Gasteiger partial charge in [0.05, 0.1) is 17.2 Å². The third-order valence-corrected chi connectivity index (χ3v) is 4.24. The Kier molecular flexibility index (Phi) is 4.20. The summed E-state index contributed by atoms with van der Waals surface area (Å²) in [6.07, 6.45) is 3.11. The lowest BCUT2D eigenvalue weighted by Crippen LogP contribution is -2.45. The predicted molar refractivity (Wildman–Crippen MR) is 71.2 cm³/mol. The highest BCUT2D eigenvalue weighted by atomic mass is 35.5. The number of amides is 1. The van der Waals surface area contributed by atoms with Crippen LogP contribution >= 0.6 is 23.2 Å². The number of carbonyl (C=O) groups is 1. The van der Waals surface area contributed by atoms with Gasteiger partial charge in [-0.2, -0.15) is 0 Å². The summed E-state index contributed by atoms with van der Waals surface area (Å²) in [5.74, 6) is -0.253. The molecule has 1 aliphatic rings. The molecule has 18 heavy (non-hydrogen) atoms. The number of rotatable bonds is 2. The van der Waals surface area contributed by atoms with Crippen LogP contribution in [-0.2, 0) is 7.05 Å². The molecule has 2 rings (SSSR count). The molecule has 1 heterocycles. The van der Waals surface area contributed by atoms with E-state index in [4.69, 9.17) is 23.2 Å². The zero-order chi connectivity index (χ0) is 13.3. The van der Waals surface area contributed by atoms with Gasteiger partial charge in [0.25, 0.3) is 5.91 Å². The van der Waals surface area contributed by atoms with E-state index >= 15 is 0 Å². The molecule has 1 aliphatic carbocycles. The van der Waals surface area contributed by atoms with Crippen LogP contribution in [0.3, 0.4) is 0 Å². The zero-order valence-corrected chi connectivity index (χ0v) is 11.6. The molecule has 0 radical (unpaired) electrons. The second-order valence-corrected chi connectivity index (χ2v) is 5.42. The first-order chi connectivity index (χ1) is 8.50. The van der Waals surface area contributed by atoms with E-state index in [9.17, 15) is 9.90 Å². The van der Waals surface area contributed by atoms with Gasteiger partial charge in [-0.05, 0) is 18.9 Å². The number of hydrogen-bond acceptors (Lipinski definition) is 2. The molecule has 0 saturated heterocycles. The van der Waals surface area contributed by atoms with Gasteiger partial charge in [-0.25, -0.2) is 0 Å². The molecule has 0 bridgehead atoms. The zero-order valence-electron chi connectivity index (χ0n) is 10.1. The molecule has 2 atom stereocenters. The SMILES string of the molecule is Cn1c(C(=O)N[C@H]2CCCC[C@@H]2O)cc(Cl)c1Cl. The fraction of sp³-hybridized carbons (Fsp3) is 0.583. The smallest absolute Gasteiger partial charge is 0.268 e. The molecule has 0 aliphatic heterocycles. The van der Waals surface area contributed by atoms with Crippen molar-refractivity contribution in [3.8, 4) is 0 Å². The third-order valence-electron chi connectivity index (χ3n) is 3.39. The second kappa shape index (κ2) is 5.51. The Morgan fingerprint density at radius 2 is 2.11 bits per heavy atom. The van der Waals surface area contributed by atoms with Crippen LogP contribution in [0.4, 0.5) is 0 Å². The van der Waals surface area contributed by atoms with Gasteiger partial charge in [0.2, 0.25) is 0 Å². The van der Waals surface area contributed by atoms with E-state index in [1.165, 1.54) is 10.6 Å². The van der Waals surface area contributed by atoms with Gasteiger partial charge >= 0.3 is 0 Å². The minimum Gasteiger partial charge on any atom is -0.391 e. The lowest BCUT2D eigenvalue weighted by molar-refractivity contribution is 0.0711. The van der Waals surface area contributed by atoms with E-state index in [1.807, 2.05) is 0 Å². The number of nitrogens with one attached hydrogen (secondary N) is 1. The van der Waals surface area contributed by atoms with Gasteiger partial charge in [0.15, 0.2) is 0 Å². The Bertz CT molecular complexity index is 459. The van der Waals surface area contributed by atoms with Gasteiger partial charge in [-0.15, -0.1) is 0 Å². The summed E-state index contributed by atoms with van der Waals surface area (Å²) in [5, 5.41) is 13.4. The maximum atomic E-state index is 12.1. The van der Waals surface area contributed by atoms with E-state index in [-0.39, 0.29) is 11.9 Å². The van der Waals surface area contributed by atoms with Crippen molar-refractivity contribution in [1.82, 2.24) is 9.88 Å². The lowest BCUT2D eigenvalue weighted by atomic mass is 9.92. The fourth-order valence-corrected chi connectivity index (χ4v) is 2.66. The van der Waals surface area contributed by atoms with Crippen molar-refractivity contribution in [3.05, 3.63) is 21.9 Å². The molecule has 0 aromatic carbocycles. The van der Waals surface area contributed by atoms with Crippen LogP contribution in [0.2, 0.25) is 10.2 Å². The number of halogens is 2. The second-order valence-electron chi connectivity index (χ2n) is 4.66. The summed E-state index contributed by atoms with van der Waals surface area (Å²) in [7, 11) is 1.68. The van der Waals surface area contributed by atoms with Crippen molar-refractivity contribution in [1.29, 1.82) is 0 Å². The van der Waals surface area contributed by atoms with Crippen molar-refractivity contribution in [2.75, 3.05) is 0 Å². The Morgan fingerprint density at radius 3 is 2.67 bits per heavy atom. The van der Waals surface area contributed by atoms with E-state index in [0.717, 1.165) is 25.7 Å². The summed E-state index contributed by atoms with van der Waals surface area (Å²) in [6, 6.07) is 1.35. The molecule has 1 aromatic heterocycles. The molecule has 6 heteroatoms. The Labute approximate surface area is 116 Å². The van der Waals surface area contributed by atoms with E-state index < -0.39 is 6.10 Å². The number of aromatic nitrogens is 1. The largest absolute Gasteiger partial charge is 0.391 e. The lowest BCUT2D eigenvalue weighted by Gasteiger charge is -2.28. The van der Waals surface area contributed by atoms with Gasteiger partial charge in [0, 0.05) is 7.05 Å². The minimum absolute atomic E-state index is 0.182. The molecule has 100 valence electrons. The molecular weight excluding hydrogens is 275 g/mol. The Morgan fingerprint density at radius 1 is 1.44 bits per heavy atom. The average Bonchev–Trinajstić information content (AvgIpc) is 2.60. The van der Waals surface area contributed by atoms with Crippen molar-refractivity contribution >= 4 is 29.1 Å². The van der Waals surface area contributed by atoms with E-state index in [1.54, 1.807) is 7.05 Å². The van der Waals surface area contributed by atoms with Crippen molar-refractivity contribution in [3.63, 3.8) is 0 Å². The first kappa shape index (κ1) is 13.7. The molecule has 1 aromatic rings. The average molecular weight is 291 g/mol. The quantitative estimate of drug-likeness (QED) is 0.879.